The molecule has 3 aromatic rings. The van der Waals surface area contributed by atoms with Gasteiger partial charge < -0.3 is 29.6 Å². The topological polar surface area (TPSA) is 112 Å². The van der Waals surface area contributed by atoms with Crippen molar-refractivity contribution in [2.45, 2.75) is 25.3 Å². The average Bonchev–Trinajstić information content (AvgIpc) is 3.29. The third kappa shape index (κ3) is 5.74. The molecule has 0 saturated carbocycles. The predicted molar refractivity (Wildman–Crippen MR) is 126 cm³/mol. The summed E-state index contributed by atoms with van der Waals surface area (Å²) in [5.74, 6) is -1.15. The number of phenols is 1. The number of nitrogens with one attached hydrogen (secondary N) is 1. The molecule has 2 atom stereocenters. The van der Waals surface area contributed by atoms with Crippen LogP contribution >= 0.6 is 11.3 Å². The zero-order valence-electron chi connectivity index (χ0n) is 19.0. The number of amides is 1. The average molecular weight is 473 g/mol. The molecular formula is C24H28N2O6S. The fourth-order valence-corrected chi connectivity index (χ4v) is 4.54. The van der Waals surface area contributed by atoms with Crippen molar-refractivity contribution in [3.63, 3.8) is 0 Å². The maximum atomic E-state index is 13.0. The van der Waals surface area contributed by atoms with Crippen LogP contribution in [-0.4, -0.2) is 48.8 Å². The van der Waals surface area contributed by atoms with Crippen LogP contribution in [0.5, 0.6) is 17.2 Å². The molecule has 0 saturated heterocycles. The second kappa shape index (κ2) is 10.5. The number of methoxy groups -OCH3 is 1. The molecule has 0 aliphatic carbocycles. The molecule has 3 rings (SSSR count). The summed E-state index contributed by atoms with van der Waals surface area (Å²) in [5, 5.41) is 25.4. The number of rotatable bonds is 9. The molecule has 1 aromatic carbocycles. The van der Waals surface area contributed by atoms with Crippen molar-refractivity contribution in [3.8, 4) is 17.2 Å². The first-order chi connectivity index (χ1) is 15.7. The van der Waals surface area contributed by atoms with E-state index in [0.717, 1.165) is 4.88 Å². The Bertz CT molecular complexity index is 1160. The summed E-state index contributed by atoms with van der Waals surface area (Å²) in [6, 6.07) is 9.78. The highest BCUT2D eigenvalue weighted by molar-refractivity contribution is 7.10. The Hall–Kier alpha value is -3.30. The standard InChI is InChI=1S/C24H28N2O6S/c1-14-10-19(28)23(30)24(32-14)16(15-7-8-18(27)20(11-15)31-4)12-22(29)25-13-17(26(2)3)21-6-5-9-33-21/h5-11,16-17,27,30H,12-13H2,1-4H3,(H,25,29)/t16-,17-/m1/s1. The fourth-order valence-electron chi connectivity index (χ4n) is 3.62. The van der Waals surface area contributed by atoms with Crippen molar-refractivity contribution in [1.29, 1.82) is 0 Å². The normalized spacial score (nSPS) is 13.0. The van der Waals surface area contributed by atoms with Crippen LogP contribution in [0.15, 0.2) is 51.0 Å². The number of ether oxygens (including phenoxy) is 1. The Kier molecular flexibility index (Phi) is 7.78. The van der Waals surface area contributed by atoms with Gasteiger partial charge in [-0.3, -0.25) is 9.59 Å². The molecule has 0 aliphatic rings. The molecule has 0 bridgehead atoms. The van der Waals surface area contributed by atoms with Gasteiger partial charge in [-0.05, 0) is 50.2 Å². The molecular weight excluding hydrogens is 444 g/mol. The number of benzene rings is 1. The Morgan fingerprint density at radius 3 is 2.64 bits per heavy atom. The molecule has 0 unspecified atom stereocenters. The van der Waals surface area contributed by atoms with E-state index in [-0.39, 0.29) is 35.6 Å². The zero-order valence-corrected chi connectivity index (χ0v) is 19.8. The van der Waals surface area contributed by atoms with Crippen LogP contribution in [0.1, 0.15) is 40.3 Å². The van der Waals surface area contributed by atoms with E-state index in [0.29, 0.717) is 17.9 Å². The second-order valence-electron chi connectivity index (χ2n) is 7.92. The summed E-state index contributed by atoms with van der Waals surface area (Å²) in [7, 11) is 5.31. The predicted octanol–water partition coefficient (Wildman–Crippen LogP) is 3.37. The van der Waals surface area contributed by atoms with Gasteiger partial charge in [-0.2, -0.15) is 0 Å². The van der Waals surface area contributed by atoms with E-state index in [1.54, 1.807) is 30.4 Å². The van der Waals surface area contributed by atoms with Gasteiger partial charge in [0.1, 0.15) is 5.76 Å². The van der Waals surface area contributed by atoms with E-state index < -0.39 is 17.1 Å². The smallest absolute Gasteiger partial charge is 0.227 e. The van der Waals surface area contributed by atoms with Gasteiger partial charge in [0, 0.05) is 23.9 Å². The molecule has 9 heteroatoms. The van der Waals surface area contributed by atoms with Gasteiger partial charge in [0.15, 0.2) is 17.3 Å². The maximum absolute atomic E-state index is 13.0. The second-order valence-corrected chi connectivity index (χ2v) is 8.90. The van der Waals surface area contributed by atoms with Gasteiger partial charge in [0.25, 0.3) is 0 Å². The summed E-state index contributed by atoms with van der Waals surface area (Å²) in [5.41, 5.74) is -0.0402. The quantitative estimate of drug-likeness (QED) is 0.438. The molecule has 0 radical (unpaired) electrons. The van der Waals surface area contributed by atoms with Crippen LogP contribution in [-0.2, 0) is 4.79 Å². The van der Waals surface area contributed by atoms with Crippen LogP contribution in [0, 0.1) is 6.92 Å². The van der Waals surface area contributed by atoms with Crippen molar-refractivity contribution in [2.75, 3.05) is 27.7 Å². The third-order valence-corrected chi connectivity index (χ3v) is 6.35. The molecule has 0 fully saturated rings. The molecule has 176 valence electrons. The number of aromatic hydroxyl groups is 2. The van der Waals surface area contributed by atoms with Crippen LogP contribution in [0.4, 0.5) is 0 Å². The lowest BCUT2D eigenvalue weighted by Gasteiger charge is -2.24. The Balaban J connectivity index is 1.90. The Labute approximate surface area is 196 Å². The molecule has 2 heterocycles. The number of aryl methyl sites for hydroxylation is 1. The monoisotopic (exact) mass is 472 g/mol. The van der Waals surface area contributed by atoms with E-state index in [4.69, 9.17) is 9.15 Å². The van der Waals surface area contributed by atoms with Crippen molar-refractivity contribution in [2.24, 2.45) is 0 Å². The number of nitrogens with zero attached hydrogens (tertiary/aromatic N) is 1. The van der Waals surface area contributed by atoms with Crippen molar-refractivity contribution in [1.82, 2.24) is 10.2 Å². The number of thiophene rings is 1. The lowest BCUT2D eigenvalue weighted by Crippen LogP contribution is -2.34. The minimum atomic E-state index is -0.772. The van der Waals surface area contributed by atoms with Crippen LogP contribution in [0.3, 0.4) is 0 Å². The van der Waals surface area contributed by atoms with Gasteiger partial charge in [-0.1, -0.05) is 12.1 Å². The molecule has 33 heavy (non-hydrogen) atoms. The van der Waals surface area contributed by atoms with Crippen LogP contribution in [0.25, 0.3) is 0 Å². The van der Waals surface area contributed by atoms with E-state index in [2.05, 4.69) is 5.32 Å². The largest absolute Gasteiger partial charge is 0.504 e. The number of carbonyl (C=O) groups excluding carboxylic acids is 1. The van der Waals surface area contributed by atoms with Gasteiger partial charge in [-0.15, -0.1) is 11.3 Å². The Morgan fingerprint density at radius 2 is 2.00 bits per heavy atom. The number of hydrogen-bond donors (Lipinski definition) is 3. The summed E-state index contributed by atoms with van der Waals surface area (Å²) in [6.07, 6.45) is -0.0848. The van der Waals surface area contributed by atoms with Crippen molar-refractivity contribution < 1.29 is 24.2 Å². The molecule has 3 N–H and O–H groups in total. The summed E-state index contributed by atoms with van der Waals surface area (Å²) < 4.78 is 10.9. The highest BCUT2D eigenvalue weighted by atomic mass is 32.1. The maximum Gasteiger partial charge on any atom is 0.227 e. The number of hydrogen-bond acceptors (Lipinski definition) is 8. The van der Waals surface area contributed by atoms with Gasteiger partial charge in [0.2, 0.25) is 17.1 Å². The molecule has 2 aromatic heterocycles. The van der Waals surface area contributed by atoms with Gasteiger partial charge in [-0.25, -0.2) is 0 Å². The SMILES string of the molecule is COc1cc([C@@H](CC(=O)NC[C@H](c2cccs2)N(C)C)c2oc(C)cc(=O)c2O)ccc1O. The lowest BCUT2D eigenvalue weighted by molar-refractivity contribution is -0.121. The summed E-state index contributed by atoms with van der Waals surface area (Å²) in [4.78, 5) is 28.3. The number of carbonyl (C=O) groups is 1. The van der Waals surface area contributed by atoms with Crippen molar-refractivity contribution in [3.05, 3.63) is 74.0 Å². The van der Waals surface area contributed by atoms with E-state index in [1.807, 2.05) is 36.5 Å². The van der Waals surface area contributed by atoms with Crippen LogP contribution in [0.2, 0.25) is 0 Å². The minimum Gasteiger partial charge on any atom is -0.504 e. The molecule has 1 amide bonds. The number of likely N-dealkylation sites (N-methyl/N-ethyl adjacent to an activating group) is 1. The molecule has 0 spiro atoms. The zero-order chi connectivity index (χ0) is 24.1. The Morgan fingerprint density at radius 1 is 1.24 bits per heavy atom. The van der Waals surface area contributed by atoms with E-state index >= 15 is 0 Å². The lowest BCUT2D eigenvalue weighted by atomic mass is 9.91. The molecule has 8 nitrogen and oxygen atoms in total. The van der Waals surface area contributed by atoms with Gasteiger partial charge in [0.05, 0.1) is 19.1 Å². The fraction of sp³-hybridized carbons (Fsp3) is 0.333. The first kappa shape index (κ1) is 24.3. The highest BCUT2D eigenvalue weighted by Gasteiger charge is 2.27. The first-order valence-electron chi connectivity index (χ1n) is 10.4. The highest BCUT2D eigenvalue weighted by Crippen LogP contribution is 2.37. The van der Waals surface area contributed by atoms with Crippen molar-refractivity contribution >= 4 is 17.2 Å². The third-order valence-electron chi connectivity index (χ3n) is 5.37. The summed E-state index contributed by atoms with van der Waals surface area (Å²) in [6.45, 7) is 1.99. The minimum absolute atomic E-state index is 0.00599. The number of phenolic OH excluding ortho intramolecular Hbond substituents is 1. The van der Waals surface area contributed by atoms with E-state index in [9.17, 15) is 19.8 Å². The van der Waals surface area contributed by atoms with Gasteiger partial charge >= 0.3 is 0 Å². The van der Waals surface area contributed by atoms with E-state index in [1.165, 1.54) is 19.2 Å². The first-order valence-corrected chi connectivity index (χ1v) is 11.3. The van der Waals surface area contributed by atoms with Crippen LogP contribution < -0.4 is 15.5 Å². The summed E-state index contributed by atoms with van der Waals surface area (Å²) >= 11 is 1.62. The molecule has 0 aliphatic heterocycles.